The van der Waals surface area contributed by atoms with E-state index in [9.17, 15) is 23.1 Å². The molecule has 2 heterocycles. The zero-order chi connectivity index (χ0) is 22.2. The highest BCUT2D eigenvalue weighted by Gasteiger charge is 2.34. The number of aliphatic hydroxyl groups excluding tert-OH is 1. The number of carbonyl (C=O) groups excluding carboxylic acids is 2. The standard InChI is InChI=1S/C20H16ClN3O5S2/c21-17-5-6-18(30-17)31(28,29)23-24(11-25)20-15(9-13(26)10-16(20)27)19-14-4-2-1-3-12(14)7-8-22-19/h1-9,11,19,22-23,27H,10H2. The molecule has 11 heteroatoms. The van der Waals surface area contributed by atoms with Crippen molar-refractivity contribution in [3.8, 4) is 0 Å². The molecule has 0 spiro atoms. The number of nitrogens with one attached hydrogen (secondary N) is 2. The summed E-state index contributed by atoms with van der Waals surface area (Å²) in [6.45, 7) is 0. The molecule has 0 radical (unpaired) electrons. The van der Waals surface area contributed by atoms with Gasteiger partial charge in [-0.05, 0) is 41.6 Å². The highest BCUT2D eigenvalue weighted by atomic mass is 35.5. The van der Waals surface area contributed by atoms with E-state index < -0.39 is 21.8 Å². The Balaban J connectivity index is 1.75. The van der Waals surface area contributed by atoms with Gasteiger partial charge in [0.25, 0.3) is 10.0 Å². The van der Waals surface area contributed by atoms with Crippen molar-refractivity contribution in [1.29, 1.82) is 0 Å². The Morgan fingerprint density at radius 1 is 1.26 bits per heavy atom. The van der Waals surface area contributed by atoms with Crippen molar-refractivity contribution in [3.05, 3.63) is 81.2 Å². The molecule has 0 saturated carbocycles. The summed E-state index contributed by atoms with van der Waals surface area (Å²) in [6.07, 6.45) is 4.70. The first-order chi connectivity index (χ1) is 14.8. The maximum atomic E-state index is 12.7. The van der Waals surface area contributed by atoms with Crippen LogP contribution in [0.15, 0.2) is 69.9 Å². The molecule has 2 aliphatic rings. The molecule has 2 aromatic rings. The Hall–Kier alpha value is -2.92. The summed E-state index contributed by atoms with van der Waals surface area (Å²) < 4.78 is 25.6. The van der Waals surface area contributed by atoms with E-state index in [2.05, 4.69) is 10.1 Å². The Morgan fingerprint density at radius 3 is 2.74 bits per heavy atom. The molecule has 1 aromatic carbocycles. The smallest absolute Gasteiger partial charge is 0.267 e. The number of ketones is 1. The van der Waals surface area contributed by atoms with E-state index in [1.54, 1.807) is 6.20 Å². The van der Waals surface area contributed by atoms with Gasteiger partial charge in [-0.2, -0.15) is 0 Å². The number of amides is 1. The zero-order valence-electron chi connectivity index (χ0n) is 15.8. The molecule has 3 N–H and O–H groups in total. The summed E-state index contributed by atoms with van der Waals surface area (Å²) in [4.78, 5) is 26.3. The van der Waals surface area contributed by atoms with Crippen LogP contribution in [0.25, 0.3) is 6.08 Å². The second-order valence-electron chi connectivity index (χ2n) is 6.73. The van der Waals surface area contributed by atoms with E-state index in [4.69, 9.17) is 11.6 Å². The quantitative estimate of drug-likeness (QED) is 0.435. The second-order valence-corrected chi connectivity index (χ2v) is 10.3. The van der Waals surface area contributed by atoms with Crippen molar-refractivity contribution < 1.29 is 23.1 Å². The van der Waals surface area contributed by atoms with Crippen LogP contribution < -0.4 is 10.1 Å². The second kappa shape index (κ2) is 8.31. The largest absolute Gasteiger partial charge is 0.510 e. The number of thiophene rings is 1. The molecule has 1 atom stereocenters. The Labute approximate surface area is 187 Å². The van der Waals surface area contributed by atoms with Gasteiger partial charge in [-0.1, -0.05) is 35.9 Å². The first-order valence-corrected chi connectivity index (χ1v) is 11.7. The number of nitrogens with zero attached hydrogens (tertiary/aromatic N) is 1. The van der Waals surface area contributed by atoms with Gasteiger partial charge in [0.1, 0.15) is 15.7 Å². The predicted molar refractivity (Wildman–Crippen MR) is 116 cm³/mol. The van der Waals surface area contributed by atoms with Crippen molar-refractivity contribution in [2.45, 2.75) is 16.7 Å². The van der Waals surface area contributed by atoms with Crippen LogP contribution in [0.3, 0.4) is 0 Å². The van der Waals surface area contributed by atoms with Gasteiger partial charge in [-0.25, -0.2) is 13.4 Å². The average Bonchev–Trinajstić information content (AvgIpc) is 3.19. The first kappa shape index (κ1) is 21.3. The lowest BCUT2D eigenvalue weighted by Crippen LogP contribution is -2.43. The number of hydrogen-bond acceptors (Lipinski definition) is 7. The molecule has 0 saturated heterocycles. The number of fused-ring (bicyclic) bond motifs is 1. The predicted octanol–water partition coefficient (Wildman–Crippen LogP) is 3.04. The Bertz CT molecular complexity index is 1260. The monoisotopic (exact) mass is 477 g/mol. The fourth-order valence-electron chi connectivity index (χ4n) is 3.45. The number of hydrogen-bond donors (Lipinski definition) is 3. The minimum atomic E-state index is -4.16. The van der Waals surface area contributed by atoms with Crippen molar-refractivity contribution >= 4 is 51.2 Å². The third-order valence-corrected chi connectivity index (χ3v) is 7.76. The molecule has 160 valence electrons. The summed E-state index contributed by atoms with van der Waals surface area (Å²) in [6, 6.07) is 9.54. The summed E-state index contributed by atoms with van der Waals surface area (Å²) in [5.74, 6) is -0.792. The number of rotatable bonds is 6. The van der Waals surface area contributed by atoms with E-state index in [-0.39, 0.29) is 38.4 Å². The van der Waals surface area contributed by atoms with Gasteiger partial charge >= 0.3 is 0 Å². The lowest BCUT2D eigenvalue weighted by molar-refractivity contribution is -0.118. The molecule has 8 nitrogen and oxygen atoms in total. The number of halogens is 1. The van der Waals surface area contributed by atoms with Crippen LogP contribution in [0.4, 0.5) is 0 Å². The third kappa shape index (κ3) is 4.15. The van der Waals surface area contributed by atoms with E-state index in [0.717, 1.165) is 22.5 Å². The van der Waals surface area contributed by atoms with Crippen LogP contribution in [0, 0.1) is 0 Å². The summed E-state index contributed by atoms with van der Waals surface area (Å²) in [5, 5.41) is 14.4. The number of sulfonamides is 1. The fourth-order valence-corrected chi connectivity index (χ4v) is 5.91. The minimum absolute atomic E-state index is 0.106. The van der Waals surface area contributed by atoms with Gasteiger partial charge in [0.15, 0.2) is 5.78 Å². The van der Waals surface area contributed by atoms with Gasteiger partial charge < -0.3 is 10.4 Å². The topological polar surface area (TPSA) is 116 Å². The van der Waals surface area contributed by atoms with Gasteiger partial charge in [0.2, 0.25) is 6.41 Å². The molecule has 0 fully saturated rings. The van der Waals surface area contributed by atoms with Crippen molar-refractivity contribution in [3.63, 3.8) is 0 Å². The van der Waals surface area contributed by atoms with Gasteiger partial charge in [-0.3, -0.25) is 9.59 Å². The van der Waals surface area contributed by atoms with E-state index in [1.165, 1.54) is 18.2 Å². The van der Waals surface area contributed by atoms with E-state index >= 15 is 0 Å². The molecule has 0 bridgehead atoms. The van der Waals surface area contributed by atoms with Crippen LogP contribution in [0.5, 0.6) is 0 Å². The number of carbonyl (C=O) groups is 2. The molecule has 31 heavy (non-hydrogen) atoms. The van der Waals surface area contributed by atoms with Crippen LogP contribution >= 0.6 is 22.9 Å². The van der Waals surface area contributed by atoms with Crippen LogP contribution in [0.2, 0.25) is 4.34 Å². The molecular formula is C20H16ClN3O5S2. The van der Waals surface area contributed by atoms with Crippen LogP contribution in [0.1, 0.15) is 23.6 Å². The highest BCUT2D eigenvalue weighted by molar-refractivity contribution is 7.91. The third-order valence-electron chi connectivity index (χ3n) is 4.73. The Kier molecular flexibility index (Phi) is 5.71. The maximum Gasteiger partial charge on any atom is 0.267 e. The lowest BCUT2D eigenvalue weighted by atomic mass is 9.87. The molecule has 1 aliphatic heterocycles. The fraction of sp³-hybridized carbons (Fsp3) is 0.100. The average molecular weight is 478 g/mol. The highest BCUT2D eigenvalue weighted by Crippen LogP contribution is 2.37. The normalized spacial score (nSPS) is 18.3. The minimum Gasteiger partial charge on any atom is -0.510 e. The first-order valence-electron chi connectivity index (χ1n) is 9.01. The summed E-state index contributed by atoms with van der Waals surface area (Å²) >= 11 is 6.65. The summed E-state index contributed by atoms with van der Waals surface area (Å²) in [5.41, 5.74) is 1.83. The lowest BCUT2D eigenvalue weighted by Gasteiger charge is -2.32. The summed E-state index contributed by atoms with van der Waals surface area (Å²) in [7, 11) is -4.16. The molecular weight excluding hydrogens is 462 g/mol. The molecule has 1 aliphatic carbocycles. The number of benzene rings is 1. The number of aliphatic hydroxyl groups is 1. The van der Waals surface area contributed by atoms with E-state index in [1.807, 2.05) is 30.3 Å². The Morgan fingerprint density at radius 2 is 2.03 bits per heavy atom. The van der Waals surface area contributed by atoms with Crippen LogP contribution in [-0.4, -0.2) is 30.7 Å². The van der Waals surface area contributed by atoms with Crippen molar-refractivity contribution in [2.75, 3.05) is 0 Å². The zero-order valence-corrected chi connectivity index (χ0v) is 18.2. The van der Waals surface area contributed by atoms with E-state index in [0.29, 0.717) is 5.01 Å². The van der Waals surface area contributed by atoms with Crippen molar-refractivity contribution in [1.82, 2.24) is 15.2 Å². The SMILES string of the molecule is O=CN(NS(=O)(=O)c1ccc(Cl)s1)C1=C(O)CC(=O)C=C1C1NC=Cc2ccccc21. The number of hydrazine groups is 1. The molecule has 1 amide bonds. The van der Waals surface area contributed by atoms with Crippen molar-refractivity contribution in [2.24, 2.45) is 0 Å². The van der Waals surface area contributed by atoms with Gasteiger partial charge in [-0.15, -0.1) is 16.2 Å². The number of allylic oxidation sites excluding steroid dienone is 2. The maximum absolute atomic E-state index is 12.7. The molecule has 4 rings (SSSR count). The van der Waals surface area contributed by atoms with Crippen LogP contribution in [-0.2, 0) is 19.6 Å². The molecule has 1 unspecified atom stereocenters. The molecule has 1 aromatic heterocycles. The van der Waals surface area contributed by atoms with Gasteiger partial charge in [0, 0.05) is 5.57 Å². The van der Waals surface area contributed by atoms with Gasteiger partial charge in [0.05, 0.1) is 16.8 Å².